The summed E-state index contributed by atoms with van der Waals surface area (Å²) < 4.78 is 14.8. The van der Waals surface area contributed by atoms with Crippen LogP contribution >= 0.6 is 22.9 Å². The van der Waals surface area contributed by atoms with E-state index in [1.165, 1.54) is 34.4 Å². The second-order valence-corrected chi connectivity index (χ2v) is 8.76. The van der Waals surface area contributed by atoms with E-state index in [9.17, 15) is 18.8 Å². The number of piperidine rings is 1. The first-order chi connectivity index (χ1) is 15.4. The second-order valence-electron chi connectivity index (χ2n) is 7.38. The molecule has 4 rings (SSSR count). The molecule has 3 heterocycles. The molecule has 1 fully saturated rings. The van der Waals surface area contributed by atoms with Crippen molar-refractivity contribution in [3.8, 4) is 0 Å². The van der Waals surface area contributed by atoms with E-state index in [4.69, 9.17) is 11.6 Å². The van der Waals surface area contributed by atoms with Gasteiger partial charge in [-0.1, -0.05) is 22.9 Å². The fourth-order valence-corrected chi connectivity index (χ4v) is 4.75. The number of rotatable bonds is 5. The van der Waals surface area contributed by atoms with Crippen LogP contribution in [0.5, 0.6) is 0 Å². The zero-order chi connectivity index (χ0) is 22.8. The van der Waals surface area contributed by atoms with Crippen LogP contribution in [0, 0.1) is 11.7 Å². The summed E-state index contributed by atoms with van der Waals surface area (Å²) in [6.07, 6.45) is 2.70. The summed E-state index contributed by atoms with van der Waals surface area (Å²) in [5, 5.41) is 5.82. The maximum absolute atomic E-state index is 13.3. The predicted molar refractivity (Wildman–Crippen MR) is 121 cm³/mol. The number of aromatic nitrogens is 3. The summed E-state index contributed by atoms with van der Waals surface area (Å²) in [6.45, 7) is 1.06. The number of fused-ring (bicyclic) bond motifs is 1. The molecule has 1 aliphatic rings. The molecule has 1 saturated heterocycles. The van der Waals surface area contributed by atoms with Crippen LogP contribution in [-0.2, 0) is 16.1 Å². The smallest absolute Gasteiger partial charge is 0.273 e. The monoisotopic (exact) mass is 478 g/mol. The van der Waals surface area contributed by atoms with E-state index in [1.807, 2.05) is 4.90 Å². The highest BCUT2D eigenvalue weighted by molar-refractivity contribution is 7.22. The number of carbonyl (C=O) groups excluding carboxylic acids is 2. The van der Waals surface area contributed by atoms with Gasteiger partial charge in [0.15, 0.2) is 10.8 Å². The van der Waals surface area contributed by atoms with Crippen LogP contribution < -0.4 is 21.1 Å². The molecule has 168 valence electrons. The molecule has 0 bridgehead atoms. The lowest BCUT2D eigenvalue weighted by atomic mass is 9.96. The molecule has 0 aliphatic carbocycles. The van der Waals surface area contributed by atoms with Gasteiger partial charge in [-0.3, -0.25) is 19.0 Å². The number of halogens is 2. The number of anilines is 2. The van der Waals surface area contributed by atoms with Crippen LogP contribution in [0.25, 0.3) is 10.3 Å². The number of nitrogens with zero attached hydrogens (tertiary/aromatic N) is 4. The van der Waals surface area contributed by atoms with Crippen LogP contribution in [0.3, 0.4) is 0 Å². The number of benzene rings is 1. The van der Waals surface area contributed by atoms with Gasteiger partial charge in [0.25, 0.3) is 5.56 Å². The second kappa shape index (κ2) is 9.21. The molecule has 0 unspecified atom stereocenters. The van der Waals surface area contributed by atoms with E-state index >= 15 is 0 Å². The Kier molecular flexibility index (Phi) is 6.38. The number of amides is 2. The van der Waals surface area contributed by atoms with Crippen molar-refractivity contribution >= 4 is 55.9 Å². The lowest BCUT2D eigenvalue weighted by Gasteiger charge is -2.30. The molecule has 1 aliphatic heterocycles. The normalized spacial score (nSPS) is 14.5. The molecule has 0 saturated carbocycles. The maximum Gasteiger partial charge on any atom is 0.273 e. The van der Waals surface area contributed by atoms with Crippen molar-refractivity contribution < 1.29 is 14.0 Å². The first kappa shape index (κ1) is 22.2. The number of thiazole rings is 1. The lowest BCUT2D eigenvalue weighted by Crippen LogP contribution is -2.39. The average Bonchev–Trinajstić information content (AvgIpc) is 3.23. The van der Waals surface area contributed by atoms with E-state index in [0.717, 1.165) is 6.07 Å². The van der Waals surface area contributed by atoms with Crippen molar-refractivity contribution in [3.63, 3.8) is 0 Å². The molecule has 0 spiro atoms. The number of hydrogen-bond acceptors (Lipinski definition) is 7. The van der Waals surface area contributed by atoms with Gasteiger partial charge in [-0.25, -0.2) is 9.37 Å². The van der Waals surface area contributed by atoms with Crippen LogP contribution in [0.15, 0.2) is 29.3 Å². The fourth-order valence-electron chi connectivity index (χ4n) is 3.55. The van der Waals surface area contributed by atoms with Gasteiger partial charge in [-0.2, -0.15) is 4.98 Å². The summed E-state index contributed by atoms with van der Waals surface area (Å²) in [4.78, 5) is 47.7. The SMILES string of the molecule is CNC(=O)C1CCN(c2nc3ncn(CC(=O)Nc4ccc(F)c(Cl)c4)c(=O)c3s2)CC1. The minimum atomic E-state index is -0.589. The molecule has 0 atom stereocenters. The van der Waals surface area contributed by atoms with Gasteiger partial charge in [-0.15, -0.1) is 0 Å². The van der Waals surface area contributed by atoms with Gasteiger partial charge in [0.2, 0.25) is 11.8 Å². The van der Waals surface area contributed by atoms with Crippen LogP contribution in [0.2, 0.25) is 5.02 Å². The highest BCUT2D eigenvalue weighted by Crippen LogP contribution is 2.29. The molecule has 32 heavy (non-hydrogen) atoms. The topological polar surface area (TPSA) is 109 Å². The Labute approximate surface area is 191 Å². The van der Waals surface area contributed by atoms with E-state index in [2.05, 4.69) is 20.6 Å². The molecule has 1 aromatic carbocycles. The molecule has 9 nitrogen and oxygen atoms in total. The maximum atomic E-state index is 13.3. The summed E-state index contributed by atoms with van der Waals surface area (Å²) >= 11 is 6.95. The number of carbonyl (C=O) groups is 2. The van der Waals surface area contributed by atoms with Crippen molar-refractivity contribution in [3.05, 3.63) is 45.7 Å². The highest BCUT2D eigenvalue weighted by Gasteiger charge is 2.26. The minimum Gasteiger partial charge on any atom is -0.359 e. The molecule has 2 aromatic heterocycles. The molecule has 3 aromatic rings. The summed E-state index contributed by atoms with van der Waals surface area (Å²) in [6, 6.07) is 3.82. The first-order valence-electron chi connectivity index (χ1n) is 9.93. The van der Waals surface area contributed by atoms with E-state index in [-0.39, 0.29) is 29.0 Å². The first-order valence-corrected chi connectivity index (χ1v) is 11.1. The van der Waals surface area contributed by atoms with Gasteiger partial charge in [0.05, 0.1) is 5.02 Å². The zero-order valence-electron chi connectivity index (χ0n) is 17.1. The third kappa shape index (κ3) is 4.58. The lowest BCUT2D eigenvalue weighted by molar-refractivity contribution is -0.125. The molecular formula is C20H20ClFN6O3S. The summed E-state index contributed by atoms with van der Waals surface area (Å²) in [7, 11) is 1.63. The van der Waals surface area contributed by atoms with E-state index < -0.39 is 11.7 Å². The Hall–Kier alpha value is -3.05. The Morgan fingerprint density at radius 3 is 2.75 bits per heavy atom. The van der Waals surface area contributed by atoms with Gasteiger partial charge < -0.3 is 15.5 Å². The summed E-state index contributed by atoms with van der Waals surface area (Å²) in [5.41, 5.74) is 0.278. The van der Waals surface area contributed by atoms with Crippen molar-refractivity contribution in [2.75, 3.05) is 30.4 Å². The van der Waals surface area contributed by atoms with Crippen molar-refractivity contribution in [2.45, 2.75) is 19.4 Å². The van der Waals surface area contributed by atoms with E-state index in [0.29, 0.717) is 47.1 Å². The summed E-state index contributed by atoms with van der Waals surface area (Å²) in [5.74, 6) is -1.04. The Balaban J connectivity index is 1.47. The Bertz CT molecular complexity index is 1240. The zero-order valence-corrected chi connectivity index (χ0v) is 18.7. The molecule has 0 radical (unpaired) electrons. The number of hydrogen-bond donors (Lipinski definition) is 2. The molecule has 2 N–H and O–H groups in total. The van der Waals surface area contributed by atoms with Crippen molar-refractivity contribution in [1.29, 1.82) is 0 Å². The third-order valence-corrected chi connectivity index (χ3v) is 6.66. The van der Waals surface area contributed by atoms with Crippen molar-refractivity contribution in [2.24, 2.45) is 5.92 Å². The molecule has 12 heteroatoms. The number of nitrogens with one attached hydrogen (secondary N) is 2. The van der Waals surface area contributed by atoms with E-state index in [1.54, 1.807) is 7.05 Å². The molecule has 2 amide bonds. The Morgan fingerprint density at radius 2 is 2.06 bits per heavy atom. The van der Waals surface area contributed by atoms with Crippen LogP contribution in [0.1, 0.15) is 12.8 Å². The van der Waals surface area contributed by atoms with Gasteiger partial charge in [-0.05, 0) is 31.0 Å². The van der Waals surface area contributed by atoms with Gasteiger partial charge >= 0.3 is 0 Å². The van der Waals surface area contributed by atoms with Crippen molar-refractivity contribution in [1.82, 2.24) is 19.9 Å². The van der Waals surface area contributed by atoms with Crippen LogP contribution in [0.4, 0.5) is 15.2 Å². The minimum absolute atomic E-state index is 0.0181. The van der Waals surface area contributed by atoms with Gasteiger partial charge in [0.1, 0.15) is 23.4 Å². The highest BCUT2D eigenvalue weighted by atomic mass is 35.5. The average molecular weight is 479 g/mol. The van der Waals surface area contributed by atoms with Gasteiger partial charge in [0, 0.05) is 31.7 Å². The third-order valence-electron chi connectivity index (χ3n) is 5.27. The van der Waals surface area contributed by atoms with Crippen LogP contribution in [-0.4, -0.2) is 46.5 Å². The standard InChI is InChI=1S/C20H20ClFN6O3S/c1-23-18(30)11-4-6-27(7-5-11)20-26-17-16(32-20)19(31)28(10-24-17)9-15(29)25-12-2-3-14(22)13(21)8-12/h2-3,8,10-11H,4-7,9H2,1H3,(H,23,30)(H,25,29). The largest absolute Gasteiger partial charge is 0.359 e. The quantitative estimate of drug-likeness (QED) is 0.582. The Morgan fingerprint density at radius 1 is 1.31 bits per heavy atom. The predicted octanol–water partition coefficient (Wildman–Crippen LogP) is 2.25. The molecular weight excluding hydrogens is 459 g/mol. The fraction of sp³-hybridized carbons (Fsp3) is 0.350.